The van der Waals surface area contributed by atoms with Crippen LogP contribution in [0.4, 0.5) is 0 Å². The average molecular weight is 327 g/mol. The molecule has 0 aliphatic carbocycles. The second-order valence-corrected chi connectivity index (χ2v) is 13.4. The minimum Gasteiger partial charge on any atom is -0.417 e. The Morgan fingerprint density at radius 1 is 1.00 bits per heavy atom. The summed E-state index contributed by atoms with van der Waals surface area (Å²) in [5.74, 6) is 0. The van der Waals surface area contributed by atoms with Crippen molar-refractivity contribution in [3.05, 3.63) is 22.4 Å². The fourth-order valence-electron chi connectivity index (χ4n) is 2.11. The van der Waals surface area contributed by atoms with Crippen LogP contribution < -0.4 is 0 Å². The highest BCUT2D eigenvalue weighted by Crippen LogP contribution is 2.36. The van der Waals surface area contributed by atoms with Gasteiger partial charge in [-0.1, -0.05) is 52.5 Å². The largest absolute Gasteiger partial charge is 0.417 e. The molecular formula is C18H34OSSi. The Balaban J connectivity index is 1.93. The molecule has 122 valence electrons. The van der Waals surface area contributed by atoms with Crippen LogP contribution in [0.25, 0.3) is 0 Å². The third-order valence-corrected chi connectivity index (χ3v) is 10.1. The lowest BCUT2D eigenvalue weighted by molar-refractivity contribution is 0.277. The molecule has 0 spiro atoms. The van der Waals surface area contributed by atoms with Gasteiger partial charge in [-0.3, -0.25) is 0 Å². The maximum atomic E-state index is 6.21. The smallest absolute Gasteiger partial charge is 0.191 e. The van der Waals surface area contributed by atoms with Gasteiger partial charge in [0, 0.05) is 11.5 Å². The standard InChI is InChI=1S/C18H34OSSi/c1-18(2,3)21(4,5)19-15-11-9-7-6-8-10-13-17-14-12-16-20-17/h12,14,16H,6-11,13,15H2,1-5H3. The first-order valence-corrected chi connectivity index (χ1v) is 12.3. The van der Waals surface area contributed by atoms with Crippen LogP contribution in [0.3, 0.4) is 0 Å². The Morgan fingerprint density at radius 2 is 1.62 bits per heavy atom. The summed E-state index contributed by atoms with van der Waals surface area (Å²) in [5.41, 5.74) is 0. The molecule has 1 rings (SSSR count). The molecular weight excluding hydrogens is 292 g/mol. The van der Waals surface area contributed by atoms with E-state index in [0.29, 0.717) is 5.04 Å². The van der Waals surface area contributed by atoms with E-state index in [1.807, 2.05) is 11.3 Å². The van der Waals surface area contributed by atoms with Gasteiger partial charge in [0.15, 0.2) is 8.32 Å². The number of aryl methyl sites for hydroxylation is 1. The van der Waals surface area contributed by atoms with Crippen molar-refractivity contribution >= 4 is 19.7 Å². The summed E-state index contributed by atoms with van der Waals surface area (Å²) in [7, 11) is -1.52. The lowest BCUT2D eigenvalue weighted by Crippen LogP contribution is -2.40. The summed E-state index contributed by atoms with van der Waals surface area (Å²) in [6, 6.07) is 4.41. The van der Waals surface area contributed by atoms with E-state index in [9.17, 15) is 0 Å². The van der Waals surface area contributed by atoms with E-state index >= 15 is 0 Å². The van der Waals surface area contributed by atoms with E-state index in [0.717, 1.165) is 6.61 Å². The molecule has 0 aliphatic rings. The van der Waals surface area contributed by atoms with Gasteiger partial charge in [0.05, 0.1) is 0 Å². The van der Waals surface area contributed by atoms with Gasteiger partial charge in [0.25, 0.3) is 0 Å². The molecule has 0 fully saturated rings. The third-order valence-electron chi connectivity index (χ3n) is 4.67. The van der Waals surface area contributed by atoms with E-state index in [-0.39, 0.29) is 0 Å². The normalized spacial score (nSPS) is 12.8. The minimum atomic E-state index is -1.52. The predicted molar refractivity (Wildman–Crippen MR) is 98.9 cm³/mol. The number of hydrogen-bond acceptors (Lipinski definition) is 2. The molecule has 1 heterocycles. The van der Waals surface area contributed by atoms with E-state index < -0.39 is 8.32 Å². The van der Waals surface area contributed by atoms with Gasteiger partial charge in [-0.25, -0.2) is 0 Å². The molecule has 0 aliphatic heterocycles. The summed E-state index contributed by atoms with van der Waals surface area (Å²) in [4.78, 5) is 1.54. The van der Waals surface area contributed by atoms with E-state index in [4.69, 9.17) is 4.43 Å². The highest BCUT2D eigenvalue weighted by molar-refractivity contribution is 7.09. The van der Waals surface area contributed by atoms with Crippen LogP contribution in [0, 0.1) is 0 Å². The first kappa shape index (κ1) is 18.9. The van der Waals surface area contributed by atoms with E-state index in [1.54, 1.807) is 0 Å². The zero-order chi connectivity index (χ0) is 15.8. The van der Waals surface area contributed by atoms with Gasteiger partial charge in [0.2, 0.25) is 0 Å². The van der Waals surface area contributed by atoms with Gasteiger partial charge < -0.3 is 4.43 Å². The monoisotopic (exact) mass is 326 g/mol. The van der Waals surface area contributed by atoms with Gasteiger partial charge >= 0.3 is 0 Å². The lowest BCUT2D eigenvalue weighted by atomic mass is 10.1. The van der Waals surface area contributed by atoms with E-state index in [2.05, 4.69) is 51.4 Å². The van der Waals surface area contributed by atoms with Crippen molar-refractivity contribution in [2.75, 3.05) is 6.61 Å². The fourth-order valence-corrected chi connectivity index (χ4v) is 3.95. The van der Waals surface area contributed by atoms with E-state index in [1.165, 1.54) is 49.8 Å². The Labute approximate surface area is 137 Å². The van der Waals surface area contributed by atoms with Crippen molar-refractivity contribution in [1.82, 2.24) is 0 Å². The van der Waals surface area contributed by atoms with Crippen molar-refractivity contribution in [3.8, 4) is 0 Å². The first-order chi connectivity index (χ1) is 9.83. The molecule has 3 heteroatoms. The molecule has 1 aromatic heterocycles. The summed E-state index contributed by atoms with van der Waals surface area (Å²) in [6.45, 7) is 12.6. The topological polar surface area (TPSA) is 9.23 Å². The summed E-state index contributed by atoms with van der Waals surface area (Å²) < 4.78 is 6.21. The molecule has 0 aromatic carbocycles. The second kappa shape index (κ2) is 9.11. The molecule has 0 saturated heterocycles. The highest BCUT2D eigenvalue weighted by Gasteiger charge is 2.36. The third kappa shape index (κ3) is 7.62. The molecule has 0 atom stereocenters. The molecule has 1 nitrogen and oxygen atoms in total. The Kier molecular flexibility index (Phi) is 8.21. The van der Waals surface area contributed by atoms with Crippen molar-refractivity contribution in [2.24, 2.45) is 0 Å². The maximum Gasteiger partial charge on any atom is 0.191 e. The Morgan fingerprint density at radius 3 is 2.19 bits per heavy atom. The highest BCUT2D eigenvalue weighted by atomic mass is 32.1. The molecule has 0 saturated carbocycles. The van der Waals surface area contributed by atoms with Crippen LogP contribution in [-0.2, 0) is 10.8 Å². The summed E-state index contributed by atoms with van der Waals surface area (Å²) in [5, 5.41) is 2.52. The average Bonchev–Trinajstić information content (AvgIpc) is 2.88. The summed E-state index contributed by atoms with van der Waals surface area (Å²) >= 11 is 1.89. The number of rotatable bonds is 10. The minimum absolute atomic E-state index is 0.342. The maximum absolute atomic E-state index is 6.21. The molecule has 0 unspecified atom stereocenters. The van der Waals surface area contributed by atoms with Crippen LogP contribution in [-0.4, -0.2) is 14.9 Å². The molecule has 0 amide bonds. The number of thiophene rings is 1. The quantitative estimate of drug-likeness (QED) is 0.345. The summed E-state index contributed by atoms with van der Waals surface area (Å²) in [6.07, 6.45) is 9.30. The molecule has 21 heavy (non-hydrogen) atoms. The fraction of sp³-hybridized carbons (Fsp3) is 0.778. The zero-order valence-corrected chi connectivity index (χ0v) is 16.5. The molecule has 0 radical (unpaired) electrons. The van der Waals surface area contributed by atoms with Crippen molar-refractivity contribution in [2.45, 2.75) is 83.8 Å². The first-order valence-electron chi connectivity index (χ1n) is 8.49. The van der Waals surface area contributed by atoms with Gasteiger partial charge in [-0.2, -0.15) is 0 Å². The van der Waals surface area contributed by atoms with Crippen LogP contribution in [0.1, 0.15) is 64.2 Å². The van der Waals surface area contributed by atoms with Crippen LogP contribution in [0.2, 0.25) is 18.1 Å². The van der Waals surface area contributed by atoms with Gasteiger partial charge in [-0.15, -0.1) is 11.3 Å². The van der Waals surface area contributed by atoms with Crippen LogP contribution in [0.15, 0.2) is 17.5 Å². The SMILES string of the molecule is CC(C)(C)[Si](C)(C)OCCCCCCCCc1cccs1. The molecule has 0 N–H and O–H groups in total. The number of hydrogen-bond donors (Lipinski definition) is 0. The molecule has 1 aromatic rings. The van der Waals surface area contributed by atoms with Crippen molar-refractivity contribution in [1.29, 1.82) is 0 Å². The number of unbranched alkanes of at least 4 members (excludes halogenated alkanes) is 5. The predicted octanol–water partition coefficient (Wildman–Crippen LogP) is 6.65. The zero-order valence-electron chi connectivity index (χ0n) is 14.7. The van der Waals surface area contributed by atoms with Gasteiger partial charge in [0.1, 0.15) is 0 Å². The lowest BCUT2D eigenvalue weighted by Gasteiger charge is -2.36. The van der Waals surface area contributed by atoms with Crippen molar-refractivity contribution < 1.29 is 4.43 Å². The van der Waals surface area contributed by atoms with Crippen molar-refractivity contribution in [3.63, 3.8) is 0 Å². The Bertz CT molecular complexity index is 365. The Hall–Kier alpha value is -0.123. The van der Waals surface area contributed by atoms with Crippen LogP contribution in [0.5, 0.6) is 0 Å². The van der Waals surface area contributed by atoms with Crippen LogP contribution >= 0.6 is 11.3 Å². The second-order valence-electron chi connectivity index (χ2n) is 7.56. The van der Waals surface area contributed by atoms with Gasteiger partial charge in [-0.05, 0) is 48.8 Å². The molecule has 0 bridgehead atoms.